The Labute approximate surface area is 168 Å². The molecule has 0 atom stereocenters. The summed E-state index contributed by atoms with van der Waals surface area (Å²) in [4.78, 5) is 8.73. The Hall–Kier alpha value is -3.13. The standard InChI is InChI=1S/C21H23FN6O/c1-2-16(23)15-6-7-17(26-21(15)25-14-9-12-29-13-10-14)18-8-11-24-28(18)20-5-3-4-19(22)27-20/h3-8,11,14,23H,2,9-10,12-13H2,1H3,(H,25,26). The molecule has 0 amide bonds. The highest BCUT2D eigenvalue weighted by Gasteiger charge is 2.19. The highest BCUT2D eigenvalue weighted by molar-refractivity contribution is 6.02. The van der Waals surface area contributed by atoms with E-state index in [9.17, 15) is 4.39 Å². The zero-order chi connectivity index (χ0) is 20.2. The van der Waals surface area contributed by atoms with Crippen molar-refractivity contribution in [3.05, 3.63) is 54.1 Å². The molecule has 3 aromatic rings. The predicted molar refractivity (Wildman–Crippen MR) is 109 cm³/mol. The third kappa shape index (κ3) is 4.17. The molecule has 1 saturated heterocycles. The fraction of sp³-hybridized carbons (Fsp3) is 0.333. The van der Waals surface area contributed by atoms with Crippen LogP contribution in [0.4, 0.5) is 10.2 Å². The van der Waals surface area contributed by atoms with Crippen LogP contribution in [0.15, 0.2) is 42.6 Å². The van der Waals surface area contributed by atoms with E-state index in [1.807, 2.05) is 25.1 Å². The summed E-state index contributed by atoms with van der Waals surface area (Å²) in [6.07, 6.45) is 4.05. The van der Waals surface area contributed by atoms with Gasteiger partial charge in [0.15, 0.2) is 5.82 Å². The number of halogens is 1. The van der Waals surface area contributed by atoms with Gasteiger partial charge < -0.3 is 15.5 Å². The number of hydrogen-bond donors (Lipinski definition) is 2. The second-order valence-electron chi connectivity index (χ2n) is 6.90. The van der Waals surface area contributed by atoms with Gasteiger partial charge in [0.25, 0.3) is 0 Å². The highest BCUT2D eigenvalue weighted by atomic mass is 19.1. The fourth-order valence-corrected chi connectivity index (χ4v) is 3.38. The van der Waals surface area contributed by atoms with Crippen molar-refractivity contribution in [2.45, 2.75) is 32.2 Å². The number of rotatable bonds is 6. The first kappa shape index (κ1) is 19.2. The average Bonchev–Trinajstić information content (AvgIpc) is 3.24. The number of aromatic nitrogens is 4. The molecule has 0 saturated carbocycles. The van der Waals surface area contributed by atoms with Gasteiger partial charge in [-0.3, -0.25) is 0 Å². The van der Waals surface area contributed by atoms with E-state index < -0.39 is 5.95 Å². The van der Waals surface area contributed by atoms with Gasteiger partial charge in [0, 0.05) is 30.5 Å². The van der Waals surface area contributed by atoms with E-state index in [4.69, 9.17) is 15.1 Å². The third-order valence-electron chi connectivity index (χ3n) is 4.96. The van der Waals surface area contributed by atoms with Crippen LogP contribution >= 0.6 is 0 Å². The SMILES string of the molecule is CCC(=N)c1ccc(-c2ccnn2-c2cccc(F)n2)nc1NC1CCOCC1. The van der Waals surface area contributed by atoms with Crippen LogP contribution < -0.4 is 5.32 Å². The van der Waals surface area contributed by atoms with E-state index in [1.165, 1.54) is 6.07 Å². The van der Waals surface area contributed by atoms with Gasteiger partial charge in [0.05, 0.1) is 17.6 Å². The molecule has 0 unspecified atom stereocenters. The maximum absolute atomic E-state index is 13.6. The van der Waals surface area contributed by atoms with Crippen molar-refractivity contribution in [1.29, 1.82) is 5.41 Å². The second kappa shape index (κ2) is 8.48. The number of hydrogen-bond acceptors (Lipinski definition) is 6. The molecule has 4 heterocycles. The van der Waals surface area contributed by atoms with E-state index >= 15 is 0 Å². The molecule has 29 heavy (non-hydrogen) atoms. The second-order valence-corrected chi connectivity index (χ2v) is 6.90. The summed E-state index contributed by atoms with van der Waals surface area (Å²) in [5.74, 6) is 0.503. The number of ether oxygens (including phenoxy) is 1. The molecule has 0 radical (unpaired) electrons. The predicted octanol–water partition coefficient (Wildman–Crippen LogP) is 3.84. The summed E-state index contributed by atoms with van der Waals surface area (Å²) in [6, 6.07) is 10.4. The van der Waals surface area contributed by atoms with Gasteiger partial charge >= 0.3 is 0 Å². The van der Waals surface area contributed by atoms with Crippen LogP contribution in [0.25, 0.3) is 17.2 Å². The van der Waals surface area contributed by atoms with E-state index in [2.05, 4.69) is 15.4 Å². The van der Waals surface area contributed by atoms with Gasteiger partial charge in [-0.1, -0.05) is 13.0 Å². The molecule has 2 N–H and O–H groups in total. The third-order valence-corrected chi connectivity index (χ3v) is 4.96. The highest BCUT2D eigenvalue weighted by Crippen LogP contribution is 2.26. The average molecular weight is 394 g/mol. The maximum Gasteiger partial charge on any atom is 0.214 e. The minimum Gasteiger partial charge on any atom is -0.381 e. The summed E-state index contributed by atoms with van der Waals surface area (Å²) < 4.78 is 20.6. The Morgan fingerprint density at radius 3 is 2.79 bits per heavy atom. The van der Waals surface area contributed by atoms with Gasteiger partial charge in [-0.25, -0.2) is 14.6 Å². The summed E-state index contributed by atoms with van der Waals surface area (Å²) in [7, 11) is 0. The smallest absolute Gasteiger partial charge is 0.214 e. The molecule has 1 aliphatic heterocycles. The summed E-state index contributed by atoms with van der Waals surface area (Å²) >= 11 is 0. The molecule has 0 bridgehead atoms. The molecule has 4 rings (SSSR count). The molecular weight excluding hydrogens is 371 g/mol. The Kier molecular flexibility index (Phi) is 5.62. The first-order valence-corrected chi connectivity index (χ1v) is 9.76. The van der Waals surface area contributed by atoms with Crippen molar-refractivity contribution < 1.29 is 9.13 Å². The van der Waals surface area contributed by atoms with Crippen molar-refractivity contribution >= 4 is 11.5 Å². The molecule has 0 aliphatic carbocycles. The number of nitrogens with zero attached hydrogens (tertiary/aromatic N) is 4. The van der Waals surface area contributed by atoms with Crippen LogP contribution in [0.5, 0.6) is 0 Å². The summed E-state index contributed by atoms with van der Waals surface area (Å²) in [6.45, 7) is 3.39. The lowest BCUT2D eigenvalue weighted by Gasteiger charge is -2.25. The molecular formula is C21H23FN6O. The van der Waals surface area contributed by atoms with Gasteiger partial charge in [0.1, 0.15) is 5.82 Å². The van der Waals surface area contributed by atoms with Crippen molar-refractivity contribution in [3.63, 3.8) is 0 Å². The van der Waals surface area contributed by atoms with Gasteiger partial charge in [-0.2, -0.15) is 9.49 Å². The summed E-state index contributed by atoms with van der Waals surface area (Å²) in [5, 5.41) is 16.1. The van der Waals surface area contributed by atoms with Gasteiger partial charge in [0.2, 0.25) is 5.95 Å². The largest absolute Gasteiger partial charge is 0.381 e. The van der Waals surface area contributed by atoms with Crippen molar-refractivity contribution in [1.82, 2.24) is 19.7 Å². The first-order chi connectivity index (χ1) is 14.2. The monoisotopic (exact) mass is 394 g/mol. The Balaban J connectivity index is 1.73. The lowest BCUT2D eigenvalue weighted by Crippen LogP contribution is -2.29. The minimum absolute atomic E-state index is 0.254. The Bertz CT molecular complexity index is 1010. The number of nitrogens with one attached hydrogen (secondary N) is 2. The van der Waals surface area contributed by atoms with Crippen LogP contribution in [-0.4, -0.2) is 44.7 Å². The van der Waals surface area contributed by atoms with E-state index in [1.54, 1.807) is 23.0 Å². The van der Waals surface area contributed by atoms with Gasteiger partial charge in [-0.15, -0.1) is 0 Å². The molecule has 0 aromatic carbocycles. The Morgan fingerprint density at radius 1 is 1.21 bits per heavy atom. The van der Waals surface area contributed by atoms with E-state index in [0.717, 1.165) is 31.6 Å². The van der Waals surface area contributed by atoms with E-state index in [0.29, 0.717) is 35.2 Å². The lowest BCUT2D eigenvalue weighted by atomic mass is 10.1. The van der Waals surface area contributed by atoms with Crippen molar-refractivity contribution in [2.75, 3.05) is 18.5 Å². The minimum atomic E-state index is -0.564. The fourth-order valence-electron chi connectivity index (χ4n) is 3.38. The van der Waals surface area contributed by atoms with Crippen molar-refractivity contribution in [3.8, 4) is 17.2 Å². The van der Waals surface area contributed by atoms with Crippen LogP contribution in [0.1, 0.15) is 31.7 Å². The Morgan fingerprint density at radius 2 is 2.03 bits per heavy atom. The first-order valence-electron chi connectivity index (χ1n) is 9.76. The quantitative estimate of drug-likeness (QED) is 0.490. The number of pyridine rings is 2. The molecule has 0 spiro atoms. The molecule has 150 valence electrons. The zero-order valence-electron chi connectivity index (χ0n) is 16.2. The van der Waals surface area contributed by atoms with Crippen LogP contribution in [0.2, 0.25) is 0 Å². The van der Waals surface area contributed by atoms with E-state index in [-0.39, 0.29) is 6.04 Å². The van der Waals surface area contributed by atoms with Gasteiger partial charge in [-0.05, 0) is 49.6 Å². The molecule has 7 nitrogen and oxygen atoms in total. The maximum atomic E-state index is 13.6. The zero-order valence-corrected chi connectivity index (χ0v) is 16.2. The number of anilines is 1. The van der Waals surface area contributed by atoms with Crippen molar-refractivity contribution in [2.24, 2.45) is 0 Å². The normalized spacial score (nSPS) is 14.7. The topological polar surface area (TPSA) is 88.7 Å². The van der Waals surface area contributed by atoms with Crippen LogP contribution in [-0.2, 0) is 4.74 Å². The van der Waals surface area contributed by atoms with Crippen LogP contribution in [0, 0.1) is 11.4 Å². The van der Waals surface area contributed by atoms with Crippen LogP contribution in [0.3, 0.4) is 0 Å². The molecule has 8 heteroatoms. The molecule has 1 aliphatic rings. The lowest BCUT2D eigenvalue weighted by molar-refractivity contribution is 0.0904. The molecule has 1 fully saturated rings. The summed E-state index contributed by atoms with van der Waals surface area (Å²) in [5.41, 5.74) is 2.69. The molecule has 3 aromatic heterocycles.